The van der Waals surface area contributed by atoms with E-state index in [-0.39, 0.29) is 18.6 Å². The lowest BCUT2D eigenvalue weighted by molar-refractivity contribution is -0.137. The molecule has 2 aliphatic rings. The molecule has 2 rings (SSSR count). The van der Waals surface area contributed by atoms with Gasteiger partial charge in [-0.2, -0.15) is 0 Å². The minimum absolute atomic E-state index is 0.0135. The Morgan fingerprint density at radius 2 is 2.15 bits per heavy atom. The minimum atomic E-state index is -0.841. The first-order chi connectivity index (χ1) is 9.65. The largest absolute Gasteiger partial charge is 0.480 e. The van der Waals surface area contributed by atoms with Crippen LogP contribution in [0.2, 0.25) is 0 Å². The van der Waals surface area contributed by atoms with Crippen molar-refractivity contribution in [2.75, 3.05) is 32.8 Å². The fourth-order valence-corrected chi connectivity index (χ4v) is 2.97. The predicted molar refractivity (Wildman–Crippen MR) is 73.4 cm³/mol. The van der Waals surface area contributed by atoms with Crippen LogP contribution in [0.25, 0.3) is 0 Å². The lowest BCUT2D eigenvalue weighted by atomic mass is 9.97. The van der Waals surface area contributed by atoms with E-state index in [4.69, 9.17) is 9.84 Å². The summed E-state index contributed by atoms with van der Waals surface area (Å²) in [5.74, 6) is -0.302. The molecule has 0 aromatic heterocycles. The molecule has 0 aromatic carbocycles. The van der Waals surface area contributed by atoms with Crippen LogP contribution in [0, 0.1) is 5.92 Å². The van der Waals surface area contributed by atoms with Crippen LogP contribution in [0.3, 0.4) is 0 Å². The van der Waals surface area contributed by atoms with Crippen LogP contribution >= 0.6 is 0 Å². The first-order valence-corrected chi connectivity index (χ1v) is 7.47. The van der Waals surface area contributed by atoms with Crippen molar-refractivity contribution < 1.29 is 19.4 Å². The van der Waals surface area contributed by atoms with Gasteiger partial charge >= 0.3 is 5.97 Å². The maximum absolute atomic E-state index is 12.2. The first-order valence-electron chi connectivity index (χ1n) is 7.47. The van der Waals surface area contributed by atoms with E-state index in [1.54, 1.807) is 0 Å². The highest BCUT2D eigenvalue weighted by molar-refractivity contribution is 5.76. The summed E-state index contributed by atoms with van der Waals surface area (Å²) in [5.41, 5.74) is 0. The number of carbonyl (C=O) groups is 2. The Balaban J connectivity index is 1.71. The highest BCUT2D eigenvalue weighted by Crippen LogP contribution is 2.20. The summed E-state index contributed by atoms with van der Waals surface area (Å²) in [7, 11) is 0. The zero-order valence-electron chi connectivity index (χ0n) is 11.8. The van der Waals surface area contributed by atoms with Crippen LogP contribution in [0.4, 0.5) is 0 Å². The van der Waals surface area contributed by atoms with Gasteiger partial charge in [-0.1, -0.05) is 0 Å². The van der Waals surface area contributed by atoms with E-state index in [0.717, 1.165) is 45.4 Å². The highest BCUT2D eigenvalue weighted by atomic mass is 16.5. The molecule has 20 heavy (non-hydrogen) atoms. The molecule has 2 unspecified atom stereocenters. The SMILES string of the molecule is O=C(O)CNCC1CCCN(C(=O)CC2CCCO2)C1. The molecule has 6 nitrogen and oxygen atoms in total. The summed E-state index contributed by atoms with van der Waals surface area (Å²) < 4.78 is 5.51. The number of hydrogen-bond donors (Lipinski definition) is 2. The van der Waals surface area contributed by atoms with Crippen molar-refractivity contribution in [3.05, 3.63) is 0 Å². The summed E-state index contributed by atoms with van der Waals surface area (Å²) >= 11 is 0. The highest BCUT2D eigenvalue weighted by Gasteiger charge is 2.26. The van der Waals surface area contributed by atoms with Crippen LogP contribution < -0.4 is 5.32 Å². The molecule has 1 amide bonds. The molecule has 2 aliphatic heterocycles. The molecular formula is C14H24N2O4. The summed E-state index contributed by atoms with van der Waals surface area (Å²) in [5, 5.41) is 11.5. The predicted octanol–water partition coefficient (Wildman–Crippen LogP) is 0.468. The quantitative estimate of drug-likeness (QED) is 0.741. The molecule has 0 spiro atoms. The molecule has 0 aliphatic carbocycles. The van der Waals surface area contributed by atoms with E-state index >= 15 is 0 Å². The Labute approximate surface area is 119 Å². The molecule has 2 atom stereocenters. The molecule has 114 valence electrons. The lowest BCUT2D eigenvalue weighted by Gasteiger charge is -2.33. The van der Waals surface area contributed by atoms with Gasteiger partial charge in [0.05, 0.1) is 19.1 Å². The third kappa shape index (κ3) is 4.76. The number of amides is 1. The smallest absolute Gasteiger partial charge is 0.317 e. The number of piperidine rings is 1. The molecule has 2 N–H and O–H groups in total. The normalized spacial score (nSPS) is 26.7. The fraction of sp³-hybridized carbons (Fsp3) is 0.857. The Bertz CT molecular complexity index is 342. The second-order valence-corrected chi connectivity index (χ2v) is 5.71. The Morgan fingerprint density at radius 1 is 1.30 bits per heavy atom. The molecule has 2 fully saturated rings. The molecule has 2 heterocycles. The van der Waals surface area contributed by atoms with Crippen LogP contribution in [0.15, 0.2) is 0 Å². The van der Waals surface area contributed by atoms with Gasteiger partial charge in [-0.3, -0.25) is 9.59 Å². The van der Waals surface area contributed by atoms with Gasteiger partial charge < -0.3 is 20.1 Å². The number of hydrogen-bond acceptors (Lipinski definition) is 4. The van der Waals surface area contributed by atoms with Crippen molar-refractivity contribution in [1.29, 1.82) is 0 Å². The van der Waals surface area contributed by atoms with Crippen molar-refractivity contribution in [2.24, 2.45) is 5.92 Å². The molecule has 0 aromatic rings. The van der Waals surface area contributed by atoms with E-state index in [0.29, 0.717) is 18.9 Å². The van der Waals surface area contributed by atoms with Crippen molar-refractivity contribution in [2.45, 2.75) is 38.2 Å². The van der Waals surface area contributed by atoms with Crippen molar-refractivity contribution in [3.8, 4) is 0 Å². The van der Waals surface area contributed by atoms with Gasteiger partial charge in [0.2, 0.25) is 5.91 Å². The van der Waals surface area contributed by atoms with Crippen LogP contribution in [-0.2, 0) is 14.3 Å². The van der Waals surface area contributed by atoms with Gasteiger partial charge in [0, 0.05) is 26.2 Å². The maximum atomic E-state index is 12.2. The maximum Gasteiger partial charge on any atom is 0.317 e. The monoisotopic (exact) mass is 284 g/mol. The number of aliphatic carboxylic acids is 1. The average Bonchev–Trinajstić information content (AvgIpc) is 2.91. The molecule has 0 radical (unpaired) electrons. The van der Waals surface area contributed by atoms with Gasteiger partial charge in [0.15, 0.2) is 0 Å². The third-order valence-electron chi connectivity index (χ3n) is 4.01. The summed E-state index contributed by atoms with van der Waals surface area (Å²) in [6, 6.07) is 0. The number of likely N-dealkylation sites (tertiary alicyclic amines) is 1. The number of carboxylic acids is 1. The van der Waals surface area contributed by atoms with Gasteiger partial charge in [-0.25, -0.2) is 0 Å². The molecule has 0 bridgehead atoms. The van der Waals surface area contributed by atoms with E-state index in [1.165, 1.54) is 0 Å². The van der Waals surface area contributed by atoms with E-state index in [1.807, 2.05) is 4.90 Å². The number of carboxylic acid groups (broad SMARTS) is 1. The van der Waals surface area contributed by atoms with E-state index in [2.05, 4.69) is 5.32 Å². The zero-order chi connectivity index (χ0) is 14.4. The Kier molecular flexibility index (Phi) is 5.79. The topological polar surface area (TPSA) is 78.9 Å². The number of rotatable bonds is 6. The van der Waals surface area contributed by atoms with Gasteiger partial charge in [0.25, 0.3) is 0 Å². The number of nitrogens with zero attached hydrogens (tertiary/aromatic N) is 1. The fourth-order valence-electron chi connectivity index (χ4n) is 2.97. The van der Waals surface area contributed by atoms with Gasteiger partial charge in [-0.15, -0.1) is 0 Å². The van der Waals surface area contributed by atoms with Gasteiger partial charge in [-0.05, 0) is 31.6 Å². The molecule has 2 saturated heterocycles. The van der Waals surface area contributed by atoms with Crippen LogP contribution in [0.5, 0.6) is 0 Å². The second kappa shape index (κ2) is 7.59. The molecular weight excluding hydrogens is 260 g/mol. The summed E-state index contributed by atoms with van der Waals surface area (Å²) in [6.45, 7) is 2.98. The Hall–Kier alpha value is -1.14. The molecule has 0 saturated carbocycles. The minimum Gasteiger partial charge on any atom is -0.480 e. The first kappa shape index (κ1) is 15.3. The van der Waals surface area contributed by atoms with Crippen LogP contribution in [0.1, 0.15) is 32.1 Å². The zero-order valence-corrected chi connectivity index (χ0v) is 11.8. The number of carbonyl (C=O) groups excluding carboxylic acids is 1. The van der Waals surface area contributed by atoms with E-state index < -0.39 is 5.97 Å². The van der Waals surface area contributed by atoms with E-state index in [9.17, 15) is 9.59 Å². The number of nitrogens with one attached hydrogen (secondary N) is 1. The van der Waals surface area contributed by atoms with Crippen LogP contribution in [-0.4, -0.2) is 60.8 Å². The summed E-state index contributed by atoms with van der Waals surface area (Å²) in [4.78, 5) is 24.6. The van der Waals surface area contributed by atoms with Crippen molar-refractivity contribution >= 4 is 11.9 Å². The standard InChI is InChI=1S/C14H24N2O4/c17-13(7-12-4-2-6-20-12)16-5-1-3-11(10-16)8-15-9-14(18)19/h11-12,15H,1-10H2,(H,18,19). The summed E-state index contributed by atoms with van der Waals surface area (Å²) in [6.07, 6.45) is 4.69. The molecule has 6 heteroatoms. The van der Waals surface area contributed by atoms with Crippen molar-refractivity contribution in [1.82, 2.24) is 10.2 Å². The van der Waals surface area contributed by atoms with Gasteiger partial charge in [0.1, 0.15) is 0 Å². The van der Waals surface area contributed by atoms with Crippen molar-refractivity contribution in [3.63, 3.8) is 0 Å². The second-order valence-electron chi connectivity index (χ2n) is 5.71. The third-order valence-corrected chi connectivity index (χ3v) is 4.01. The Morgan fingerprint density at radius 3 is 2.85 bits per heavy atom. The number of ether oxygens (including phenoxy) is 1. The lowest BCUT2D eigenvalue weighted by Crippen LogP contribution is -2.44. The average molecular weight is 284 g/mol.